The second-order valence-corrected chi connectivity index (χ2v) is 8.41. The van der Waals surface area contributed by atoms with Crippen LogP contribution in [0.1, 0.15) is 51.4 Å². The molecule has 27 heavy (non-hydrogen) atoms. The van der Waals surface area contributed by atoms with Crippen LogP contribution in [-0.4, -0.2) is 51.9 Å². The molecule has 2 amide bonds. The first-order valence-electron chi connectivity index (χ1n) is 10.3. The van der Waals surface area contributed by atoms with E-state index in [-0.39, 0.29) is 23.9 Å². The Morgan fingerprint density at radius 3 is 2.63 bits per heavy atom. The van der Waals surface area contributed by atoms with Gasteiger partial charge in [0.05, 0.1) is 5.41 Å². The standard InChI is InChI=1S/C21H29N3O3/c25-18-9-4-5-12-22(18)15-19(26)23-14-11-21(16-23)10-6-13-24(20(21)27)17-7-2-1-3-8-17/h4-5,9,12,17H,1-3,6-8,10-11,13-16H2/t21-/m1/s1. The molecule has 0 N–H and O–H groups in total. The Bertz CT molecular complexity index is 768. The summed E-state index contributed by atoms with van der Waals surface area (Å²) in [4.78, 5) is 41.9. The van der Waals surface area contributed by atoms with Gasteiger partial charge in [0.2, 0.25) is 11.8 Å². The highest BCUT2D eigenvalue weighted by atomic mass is 16.2. The van der Waals surface area contributed by atoms with E-state index in [2.05, 4.69) is 4.90 Å². The zero-order chi connectivity index (χ0) is 18.9. The smallest absolute Gasteiger partial charge is 0.250 e. The van der Waals surface area contributed by atoms with E-state index in [1.807, 2.05) is 0 Å². The van der Waals surface area contributed by atoms with Crippen LogP contribution < -0.4 is 5.56 Å². The van der Waals surface area contributed by atoms with Gasteiger partial charge in [0.15, 0.2) is 0 Å². The van der Waals surface area contributed by atoms with Crippen molar-refractivity contribution in [2.45, 2.75) is 64.0 Å². The van der Waals surface area contributed by atoms with Gasteiger partial charge in [-0.25, -0.2) is 0 Å². The van der Waals surface area contributed by atoms with Crippen LogP contribution in [0.3, 0.4) is 0 Å². The number of hydrogen-bond acceptors (Lipinski definition) is 3. The molecule has 146 valence electrons. The molecule has 0 radical (unpaired) electrons. The number of amides is 2. The van der Waals surface area contributed by atoms with Crippen molar-refractivity contribution in [2.75, 3.05) is 19.6 Å². The molecular weight excluding hydrogens is 342 g/mol. The highest BCUT2D eigenvalue weighted by molar-refractivity contribution is 5.86. The van der Waals surface area contributed by atoms with E-state index in [1.165, 1.54) is 29.9 Å². The van der Waals surface area contributed by atoms with E-state index in [1.54, 1.807) is 23.2 Å². The Kier molecular flexibility index (Phi) is 5.06. The van der Waals surface area contributed by atoms with Gasteiger partial charge in [-0.3, -0.25) is 14.4 Å². The average Bonchev–Trinajstić information content (AvgIpc) is 3.12. The van der Waals surface area contributed by atoms with Gasteiger partial charge in [0.1, 0.15) is 6.54 Å². The first-order chi connectivity index (χ1) is 13.1. The third-order valence-electron chi connectivity index (χ3n) is 6.70. The van der Waals surface area contributed by atoms with E-state index in [4.69, 9.17) is 0 Å². The van der Waals surface area contributed by atoms with Gasteiger partial charge in [-0.1, -0.05) is 25.3 Å². The predicted octanol–water partition coefficient (Wildman–Crippen LogP) is 2.02. The molecule has 1 spiro atoms. The minimum atomic E-state index is -0.396. The molecule has 3 heterocycles. The maximum absolute atomic E-state index is 13.4. The molecule has 0 aromatic carbocycles. The molecule has 3 aliphatic rings. The van der Waals surface area contributed by atoms with Gasteiger partial charge in [-0.2, -0.15) is 0 Å². The molecule has 1 saturated carbocycles. The Hall–Kier alpha value is -2.11. The summed E-state index contributed by atoms with van der Waals surface area (Å²) >= 11 is 0. The molecule has 1 aromatic rings. The molecule has 6 heteroatoms. The Labute approximate surface area is 160 Å². The lowest BCUT2D eigenvalue weighted by molar-refractivity contribution is -0.149. The van der Waals surface area contributed by atoms with Crippen LogP contribution in [0.25, 0.3) is 0 Å². The van der Waals surface area contributed by atoms with Crippen LogP contribution in [0.15, 0.2) is 29.2 Å². The molecule has 1 aliphatic carbocycles. The first kappa shape index (κ1) is 18.3. The molecular formula is C21H29N3O3. The lowest BCUT2D eigenvalue weighted by Crippen LogP contribution is -2.54. The third kappa shape index (κ3) is 3.54. The lowest BCUT2D eigenvalue weighted by atomic mass is 9.77. The van der Waals surface area contributed by atoms with Crippen molar-refractivity contribution in [1.29, 1.82) is 0 Å². The lowest BCUT2D eigenvalue weighted by Gasteiger charge is -2.44. The molecule has 0 unspecified atom stereocenters. The number of rotatable bonds is 3. The number of pyridine rings is 1. The van der Waals surface area contributed by atoms with Crippen LogP contribution in [0.2, 0.25) is 0 Å². The predicted molar refractivity (Wildman–Crippen MR) is 102 cm³/mol. The van der Waals surface area contributed by atoms with Crippen LogP contribution >= 0.6 is 0 Å². The summed E-state index contributed by atoms with van der Waals surface area (Å²) in [6.45, 7) is 2.05. The molecule has 4 rings (SSSR count). The first-order valence-corrected chi connectivity index (χ1v) is 10.3. The highest BCUT2D eigenvalue weighted by Gasteiger charge is 2.50. The zero-order valence-electron chi connectivity index (χ0n) is 15.9. The maximum atomic E-state index is 13.4. The summed E-state index contributed by atoms with van der Waals surface area (Å²) in [5.74, 6) is 0.204. The van der Waals surface area contributed by atoms with Gasteiger partial charge in [-0.05, 0) is 38.2 Å². The fourth-order valence-electron chi connectivity index (χ4n) is 5.14. The Morgan fingerprint density at radius 1 is 1.04 bits per heavy atom. The number of hydrogen-bond donors (Lipinski definition) is 0. The molecule has 2 saturated heterocycles. The van der Waals surface area contributed by atoms with E-state index in [0.717, 1.165) is 38.6 Å². The number of aromatic nitrogens is 1. The number of carbonyl (C=O) groups excluding carboxylic acids is 2. The quantitative estimate of drug-likeness (QED) is 0.817. The molecule has 3 fully saturated rings. The second-order valence-electron chi connectivity index (χ2n) is 8.41. The van der Waals surface area contributed by atoms with Gasteiger partial charge in [0, 0.05) is 37.9 Å². The van der Waals surface area contributed by atoms with Crippen molar-refractivity contribution < 1.29 is 9.59 Å². The van der Waals surface area contributed by atoms with Crippen LogP contribution in [0.5, 0.6) is 0 Å². The number of nitrogens with zero attached hydrogens (tertiary/aromatic N) is 3. The molecule has 6 nitrogen and oxygen atoms in total. The molecule has 1 atom stereocenters. The van der Waals surface area contributed by atoms with Crippen LogP contribution in [0.4, 0.5) is 0 Å². The van der Waals surface area contributed by atoms with E-state index < -0.39 is 5.41 Å². The minimum absolute atomic E-state index is 0.0519. The van der Waals surface area contributed by atoms with Crippen LogP contribution in [0, 0.1) is 5.41 Å². The molecule has 1 aromatic heterocycles. The highest BCUT2D eigenvalue weighted by Crippen LogP contribution is 2.42. The third-order valence-corrected chi connectivity index (χ3v) is 6.70. The fraction of sp³-hybridized carbons (Fsp3) is 0.667. The van der Waals surface area contributed by atoms with E-state index in [9.17, 15) is 14.4 Å². The summed E-state index contributed by atoms with van der Waals surface area (Å²) in [6.07, 6.45) is 10.3. The number of carbonyl (C=O) groups is 2. The van der Waals surface area contributed by atoms with Gasteiger partial charge in [0.25, 0.3) is 5.56 Å². The Balaban J connectivity index is 1.44. The topological polar surface area (TPSA) is 62.6 Å². The molecule has 0 bridgehead atoms. The van der Waals surface area contributed by atoms with Gasteiger partial charge in [-0.15, -0.1) is 0 Å². The van der Waals surface area contributed by atoms with Crippen molar-refractivity contribution in [1.82, 2.24) is 14.4 Å². The van der Waals surface area contributed by atoms with Crippen molar-refractivity contribution in [2.24, 2.45) is 5.41 Å². The van der Waals surface area contributed by atoms with Gasteiger partial charge < -0.3 is 14.4 Å². The van der Waals surface area contributed by atoms with Gasteiger partial charge >= 0.3 is 0 Å². The summed E-state index contributed by atoms with van der Waals surface area (Å²) < 4.78 is 1.43. The molecule has 2 aliphatic heterocycles. The monoisotopic (exact) mass is 371 g/mol. The van der Waals surface area contributed by atoms with E-state index in [0.29, 0.717) is 19.1 Å². The minimum Gasteiger partial charge on any atom is -0.340 e. The SMILES string of the molecule is O=C(Cn1ccccc1=O)N1CC[C@]2(CCCN(C3CCCCC3)C2=O)C1. The summed E-state index contributed by atoms with van der Waals surface area (Å²) in [7, 11) is 0. The summed E-state index contributed by atoms with van der Waals surface area (Å²) in [5, 5.41) is 0. The van der Waals surface area contributed by atoms with Crippen molar-refractivity contribution >= 4 is 11.8 Å². The Morgan fingerprint density at radius 2 is 1.85 bits per heavy atom. The number of likely N-dealkylation sites (tertiary alicyclic amines) is 2. The second kappa shape index (κ2) is 7.49. The summed E-state index contributed by atoms with van der Waals surface area (Å²) in [6, 6.07) is 5.30. The van der Waals surface area contributed by atoms with Crippen molar-refractivity contribution in [3.63, 3.8) is 0 Å². The van der Waals surface area contributed by atoms with Crippen LogP contribution in [-0.2, 0) is 16.1 Å². The van der Waals surface area contributed by atoms with Crippen molar-refractivity contribution in [3.8, 4) is 0 Å². The zero-order valence-corrected chi connectivity index (χ0v) is 15.9. The fourth-order valence-corrected chi connectivity index (χ4v) is 5.14. The maximum Gasteiger partial charge on any atom is 0.250 e. The largest absolute Gasteiger partial charge is 0.340 e. The number of piperidine rings is 1. The summed E-state index contributed by atoms with van der Waals surface area (Å²) in [5.41, 5.74) is -0.565. The van der Waals surface area contributed by atoms with E-state index >= 15 is 0 Å². The van der Waals surface area contributed by atoms with Crippen molar-refractivity contribution in [3.05, 3.63) is 34.7 Å². The normalized spacial score (nSPS) is 26.7. The average molecular weight is 371 g/mol.